The molecule has 2 aromatic rings. The van der Waals surface area contributed by atoms with Gasteiger partial charge in [0.15, 0.2) is 0 Å². The van der Waals surface area contributed by atoms with Gasteiger partial charge in [-0.05, 0) is 61.1 Å². The van der Waals surface area contributed by atoms with E-state index in [2.05, 4.69) is 10.3 Å². The number of pyridine rings is 1. The molecular weight excluding hydrogens is 344 g/mol. The van der Waals surface area contributed by atoms with Gasteiger partial charge in [0.05, 0.1) is 18.0 Å². The molecule has 6 heteroatoms. The molecule has 0 spiro atoms. The minimum Gasteiger partial charge on any atom is -0.481 e. The first kappa shape index (κ1) is 17.3. The zero-order valence-electron chi connectivity index (χ0n) is 14.8. The highest BCUT2D eigenvalue weighted by atomic mass is 16.5. The van der Waals surface area contributed by atoms with Gasteiger partial charge < -0.3 is 15.2 Å². The predicted octanol–water partition coefficient (Wildman–Crippen LogP) is 3.64. The Morgan fingerprint density at radius 2 is 1.96 bits per heavy atom. The fourth-order valence-corrected chi connectivity index (χ4v) is 4.12. The zero-order valence-corrected chi connectivity index (χ0v) is 14.8. The van der Waals surface area contributed by atoms with Crippen LogP contribution >= 0.6 is 0 Å². The Balaban J connectivity index is 1.48. The molecule has 2 aliphatic rings. The van der Waals surface area contributed by atoms with Crippen molar-refractivity contribution in [3.05, 3.63) is 60.4 Å². The molecule has 4 rings (SSSR count). The van der Waals surface area contributed by atoms with Crippen molar-refractivity contribution in [2.75, 3.05) is 5.32 Å². The number of carboxylic acids is 1. The fraction of sp³-hybridized carbons (Fsp3) is 0.286. The number of carbonyl (C=O) groups is 2. The van der Waals surface area contributed by atoms with Crippen LogP contribution in [0.5, 0.6) is 11.5 Å². The van der Waals surface area contributed by atoms with Gasteiger partial charge in [-0.2, -0.15) is 0 Å². The molecule has 6 nitrogen and oxygen atoms in total. The molecule has 1 amide bonds. The van der Waals surface area contributed by atoms with Crippen LogP contribution in [0.4, 0.5) is 5.69 Å². The van der Waals surface area contributed by atoms with E-state index in [1.807, 2.05) is 31.2 Å². The number of rotatable bonds is 5. The first-order chi connectivity index (χ1) is 13.0. The van der Waals surface area contributed by atoms with Crippen molar-refractivity contribution < 1.29 is 19.4 Å². The quantitative estimate of drug-likeness (QED) is 0.791. The Bertz CT molecular complexity index is 910. The van der Waals surface area contributed by atoms with Gasteiger partial charge in [0, 0.05) is 11.9 Å². The third-order valence-electron chi connectivity index (χ3n) is 5.35. The molecule has 0 saturated heterocycles. The number of carboxylic acid groups (broad SMARTS) is 1. The Morgan fingerprint density at radius 3 is 2.63 bits per heavy atom. The molecule has 1 saturated carbocycles. The summed E-state index contributed by atoms with van der Waals surface area (Å²) in [5, 5.41) is 12.4. The molecule has 2 N–H and O–H groups in total. The summed E-state index contributed by atoms with van der Waals surface area (Å²) >= 11 is 0. The normalized spacial score (nSPS) is 25.4. The Kier molecular flexibility index (Phi) is 4.39. The fourth-order valence-electron chi connectivity index (χ4n) is 4.12. The first-order valence-corrected chi connectivity index (χ1v) is 8.93. The lowest BCUT2D eigenvalue weighted by atomic mass is 9.82. The number of aliphatic carboxylic acids is 1. The Morgan fingerprint density at radius 1 is 1.19 bits per heavy atom. The number of benzene rings is 1. The van der Waals surface area contributed by atoms with E-state index in [4.69, 9.17) is 4.74 Å². The first-order valence-electron chi connectivity index (χ1n) is 8.93. The topological polar surface area (TPSA) is 88.5 Å². The highest BCUT2D eigenvalue weighted by molar-refractivity contribution is 5.96. The van der Waals surface area contributed by atoms with Crippen molar-refractivity contribution in [1.29, 1.82) is 0 Å². The number of aromatic nitrogens is 1. The molecule has 2 bridgehead atoms. The lowest BCUT2D eigenvalue weighted by Crippen LogP contribution is -2.36. The third kappa shape index (κ3) is 3.30. The summed E-state index contributed by atoms with van der Waals surface area (Å²) in [6, 6.07) is 8.98. The van der Waals surface area contributed by atoms with Crippen LogP contribution < -0.4 is 10.1 Å². The summed E-state index contributed by atoms with van der Waals surface area (Å²) in [5.74, 6) is -1.03. The van der Waals surface area contributed by atoms with Crippen LogP contribution in [0.2, 0.25) is 0 Å². The van der Waals surface area contributed by atoms with Crippen LogP contribution in [0.25, 0.3) is 0 Å². The molecule has 1 fully saturated rings. The number of carbonyl (C=O) groups excluding carboxylic acids is 1. The monoisotopic (exact) mass is 364 g/mol. The molecule has 4 atom stereocenters. The summed E-state index contributed by atoms with van der Waals surface area (Å²) in [6.45, 7) is 1.89. The number of fused-ring (bicyclic) bond motifs is 2. The number of anilines is 1. The summed E-state index contributed by atoms with van der Waals surface area (Å²) < 4.78 is 5.80. The standard InChI is InChI=1S/C21H20N2O4/c1-12-9-15(6-7-17(12)27-16-3-2-8-22-11-16)23-20(24)18-13-4-5-14(10-13)19(18)21(25)26/h2-9,11,13-14,18-19H,10H2,1H3,(H,23,24)(H,25,26)/t13-,14-,18+,19-/m0/s1. The van der Waals surface area contributed by atoms with Gasteiger partial charge in [-0.25, -0.2) is 0 Å². The SMILES string of the molecule is Cc1cc(NC(=O)[C@H]2[C@@H](C(=O)O)[C@H]3C=C[C@H]2C3)ccc1Oc1cccnc1. The largest absolute Gasteiger partial charge is 0.481 e. The number of nitrogens with zero attached hydrogens (tertiary/aromatic N) is 1. The number of allylic oxidation sites excluding steroid dienone is 2. The number of aryl methyl sites for hydroxylation is 1. The molecule has 27 heavy (non-hydrogen) atoms. The second-order valence-corrected chi connectivity index (χ2v) is 7.10. The number of hydrogen-bond donors (Lipinski definition) is 2. The van der Waals surface area contributed by atoms with Gasteiger partial charge in [0.1, 0.15) is 11.5 Å². The van der Waals surface area contributed by atoms with E-state index >= 15 is 0 Å². The Labute approximate surface area is 156 Å². The smallest absolute Gasteiger partial charge is 0.307 e. The van der Waals surface area contributed by atoms with E-state index in [-0.39, 0.29) is 17.7 Å². The van der Waals surface area contributed by atoms with Crippen molar-refractivity contribution in [3.63, 3.8) is 0 Å². The van der Waals surface area contributed by atoms with Crippen LogP contribution in [-0.4, -0.2) is 22.0 Å². The van der Waals surface area contributed by atoms with Crippen LogP contribution in [0.15, 0.2) is 54.9 Å². The maximum Gasteiger partial charge on any atom is 0.307 e. The average Bonchev–Trinajstić information content (AvgIpc) is 3.26. The molecule has 1 heterocycles. The van der Waals surface area contributed by atoms with Crippen molar-refractivity contribution in [1.82, 2.24) is 4.98 Å². The number of hydrogen-bond acceptors (Lipinski definition) is 4. The number of ether oxygens (including phenoxy) is 1. The van der Waals surface area contributed by atoms with Gasteiger partial charge in [0.2, 0.25) is 5.91 Å². The van der Waals surface area contributed by atoms with E-state index in [1.54, 1.807) is 30.6 Å². The summed E-state index contributed by atoms with van der Waals surface area (Å²) in [5.41, 5.74) is 1.49. The second-order valence-electron chi connectivity index (χ2n) is 7.10. The molecule has 0 aliphatic heterocycles. The summed E-state index contributed by atoms with van der Waals surface area (Å²) in [7, 11) is 0. The van der Waals surface area contributed by atoms with Crippen molar-refractivity contribution >= 4 is 17.6 Å². The van der Waals surface area contributed by atoms with E-state index in [0.29, 0.717) is 17.2 Å². The van der Waals surface area contributed by atoms with Crippen LogP contribution in [-0.2, 0) is 9.59 Å². The maximum atomic E-state index is 12.8. The van der Waals surface area contributed by atoms with E-state index in [0.717, 1.165) is 12.0 Å². The maximum absolute atomic E-state index is 12.8. The van der Waals surface area contributed by atoms with E-state index < -0.39 is 17.8 Å². The van der Waals surface area contributed by atoms with E-state index in [9.17, 15) is 14.7 Å². The average molecular weight is 364 g/mol. The molecule has 1 aromatic carbocycles. The molecule has 0 unspecified atom stereocenters. The van der Waals surface area contributed by atoms with Gasteiger partial charge in [-0.15, -0.1) is 0 Å². The molecule has 0 radical (unpaired) electrons. The minimum absolute atomic E-state index is 0.00499. The summed E-state index contributed by atoms with van der Waals surface area (Å²) in [6.07, 6.45) is 7.95. The van der Waals surface area contributed by atoms with Gasteiger partial charge >= 0.3 is 5.97 Å². The Hall–Kier alpha value is -3.15. The van der Waals surface area contributed by atoms with E-state index in [1.165, 1.54) is 0 Å². The summed E-state index contributed by atoms with van der Waals surface area (Å²) in [4.78, 5) is 28.4. The highest BCUT2D eigenvalue weighted by Gasteiger charge is 2.51. The molecule has 1 aromatic heterocycles. The predicted molar refractivity (Wildman–Crippen MR) is 99.5 cm³/mol. The van der Waals surface area contributed by atoms with Crippen molar-refractivity contribution in [2.24, 2.45) is 23.7 Å². The third-order valence-corrected chi connectivity index (χ3v) is 5.35. The minimum atomic E-state index is -0.900. The van der Waals surface area contributed by atoms with Gasteiger partial charge in [-0.1, -0.05) is 12.2 Å². The van der Waals surface area contributed by atoms with Crippen LogP contribution in [0.3, 0.4) is 0 Å². The molecule has 2 aliphatic carbocycles. The number of nitrogens with one attached hydrogen (secondary N) is 1. The van der Waals surface area contributed by atoms with Crippen molar-refractivity contribution in [3.8, 4) is 11.5 Å². The lowest BCUT2D eigenvalue weighted by molar-refractivity contribution is -0.146. The zero-order chi connectivity index (χ0) is 19.0. The second kappa shape index (κ2) is 6.87. The lowest BCUT2D eigenvalue weighted by Gasteiger charge is -2.24. The van der Waals surface area contributed by atoms with Crippen LogP contribution in [0, 0.1) is 30.6 Å². The van der Waals surface area contributed by atoms with Gasteiger partial charge in [0.25, 0.3) is 0 Å². The van der Waals surface area contributed by atoms with Crippen LogP contribution in [0.1, 0.15) is 12.0 Å². The number of amides is 1. The van der Waals surface area contributed by atoms with Gasteiger partial charge in [-0.3, -0.25) is 14.6 Å². The highest BCUT2D eigenvalue weighted by Crippen LogP contribution is 2.48. The van der Waals surface area contributed by atoms with Crippen molar-refractivity contribution in [2.45, 2.75) is 13.3 Å². The molecule has 138 valence electrons. The molecular formula is C21H20N2O4.